The predicted molar refractivity (Wildman–Crippen MR) is 46.0 cm³/mol. The van der Waals surface area contributed by atoms with Crippen molar-refractivity contribution in [1.82, 2.24) is 0 Å². The van der Waals surface area contributed by atoms with E-state index in [2.05, 4.69) is 13.8 Å². The summed E-state index contributed by atoms with van der Waals surface area (Å²) >= 11 is 0. The Balaban J connectivity index is 2.19. The van der Waals surface area contributed by atoms with Crippen LogP contribution in [-0.4, -0.2) is 17.0 Å². The van der Waals surface area contributed by atoms with E-state index in [1.54, 1.807) is 0 Å². The fourth-order valence-electron chi connectivity index (χ4n) is 2.41. The van der Waals surface area contributed by atoms with Crippen molar-refractivity contribution in [3.8, 4) is 0 Å². The van der Waals surface area contributed by atoms with E-state index in [0.29, 0.717) is 5.78 Å². The molecule has 2 heteroatoms. The first kappa shape index (κ1) is 8.24. The lowest BCUT2D eigenvalue weighted by Gasteiger charge is -2.25. The molecule has 1 atom stereocenters. The zero-order valence-electron chi connectivity index (χ0n) is 7.85. The van der Waals surface area contributed by atoms with Crippen molar-refractivity contribution in [2.24, 2.45) is 0 Å². The van der Waals surface area contributed by atoms with Gasteiger partial charge in [0.25, 0.3) is 0 Å². The Kier molecular flexibility index (Phi) is 1.59. The molecular weight excluding hydrogens is 152 g/mol. The molecule has 1 aliphatic heterocycles. The highest BCUT2D eigenvalue weighted by molar-refractivity contribution is 5.89. The van der Waals surface area contributed by atoms with Crippen molar-refractivity contribution in [1.29, 1.82) is 0 Å². The summed E-state index contributed by atoms with van der Waals surface area (Å²) in [4.78, 5) is 11.6. The van der Waals surface area contributed by atoms with E-state index in [4.69, 9.17) is 4.74 Å². The van der Waals surface area contributed by atoms with Gasteiger partial charge in [-0.2, -0.15) is 0 Å². The molecule has 1 aliphatic carbocycles. The van der Waals surface area contributed by atoms with Crippen LogP contribution in [0.15, 0.2) is 0 Å². The van der Waals surface area contributed by atoms with Crippen LogP contribution in [0.2, 0.25) is 0 Å². The molecule has 68 valence electrons. The van der Waals surface area contributed by atoms with Gasteiger partial charge in [-0.05, 0) is 39.5 Å². The minimum atomic E-state index is -0.358. The summed E-state index contributed by atoms with van der Waals surface area (Å²) in [5.74, 6) is 0.341. The number of hydrogen-bond acceptors (Lipinski definition) is 2. The Morgan fingerprint density at radius 1 is 1.25 bits per heavy atom. The van der Waals surface area contributed by atoms with E-state index < -0.39 is 0 Å². The van der Waals surface area contributed by atoms with Crippen molar-refractivity contribution in [3.63, 3.8) is 0 Å². The molecular formula is C10H16O2. The number of ketones is 1. The summed E-state index contributed by atoms with van der Waals surface area (Å²) in [7, 11) is 0. The maximum absolute atomic E-state index is 11.6. The molecule has 2 aliphatic rings. The number of Topliss-reactive ketones (excluding diaryl/α,β-unsaturated/α-hetero) is 1. The predicted octanol–water partition coefficient (Wildman–Crippen LogP) is 2.07. The number of carbonyl (C=O) groups excluding carboxylic acids is 1. The topological polar surface area (TPSA) is 26.3 Å². The Morgan fingerprint density at radius 3 is 2.42 bits per heavy atom. The largest absolute Gasteiger partial charge is 0.361 e. The van der Waals surface area contributed by atoms with E-state index in [0.717, 1.165) is 32.1 Å². The first-order chi connectivity index (χ1) is 5.54. The number of rotatable bonds is 0. The van der Waals surface area contributed by atoms with Crippen LogP contribution in [0.4, 0.5) is 0 Å². The highest BCUT2D eigenvalue weighted by Crippen LogP contribution is 2.45. The van der Waals surface area contributed by atoms with Gasteiger partial charge in [-0.1, -0.05) is 0 Å². The lowest BCUT2D eigenvalue weighted by Crippen LogP contribution is -2.35. The summed E-state index contributed by atoms with van der Waals surface area (Å²) in [6.45, 7) is 4.15. The molecule has 0 aromatic rings. The van der Waals surface area contributed by atoms with Crippen molar-refractivity contribution in [2.45, 2.75) is 57.2 Å². The Labute approximate surface area is 73.3 Å². The average molecular weight is 168 g/mol. The number of ether oxygens (including phenoxy) is 1. The van der Waals surface area contributed by atoms with E-state index in [9.17, 15) is 4.79 Å². The molecule has 1 heterocycles. The highest BCUT2D eigenvalue weighted by Gasteiger charge is 2.51. The third-order valence-electron chi connectivity index (χ3n) is 3.10. The van der Waals surface area contributed by atoms with Crippen molar-refractivity contribution < 1.29 is 9.53 Å². The van der Waals surface area contributed by atoms with Crippen LogP contribution in [0, 0.1) is 0 Å². The number of carbonyl (C=O) groups is 1. The van der Waals surface area contributed by atoms with Crippen LogP contribution in [0.3, 0.4) is 0 Å². The lowest BCUT2D eigenvalue weighted by atomic mass is 9.95. The molecule has 0 amide bonds. The van der Waals surface area contributed by atoms with Gasteiger partial charge in [0, 0.05) is 6.42 Å². The molecule has 0 bridgehead atoms. The Morgan fingerprint density at radius 2 is 2.00 bits per heavy atom. The third kappa shape index (κ3) is 1.09. The van der Waals surface area contributed by atoms with E-state index >= 15 is 0 Å². The highest BCUT2D eigenvalue weighted by atomic mass is 16.5. The van der Waals surface area contributed by atoms with E-state index in [-0.39, 0.29) is 11.2 Å². The molecule has 2 fully saturated rings. The summed E-state index contributed by atoms with van der Waals surface area (Å²) in [5.41, 5.74) is -0.427. The van der Waals surface area contributed by atoms with Gasteiger partial charge < -0.3 is 4.74 Å². The van der Waals surface area contributed by atoms with Gasteiger partial charge in [-0.25, -0.2) is 0 Å². The molecule has 1 saturated carbocycles. The third-order valence-corrected chi connectivity index (χ3v) is 3.10. The SMILES string of the molecule is CC1(C)CC[C@@]2(CCCC2=O)O1. The Hall–Kier alpha value is -0.370. The molecule has 1 spiro atoms. The fraction of sp³-hybridized carbons (Fsp3) is 0.900. The van der Waals surface area contributed by atoms with E-state index in [1.807, 2.05) is 0 Å². The van der Waals surface area contributed by atoms with E-state index in [1.165, 1.54) is 0 Å². The molecule has 2 nitrogen and oxygen atoms in total. The zero-order chi connectivity index (χ0) is 8.82. The zero-order valence-corrected chi connectivity index (χ0v) is 7.85. The van der Waals surface area contributed by atoms with Gasteiger partial charge >= 0.3 is 0 Å². The maximum atomic E-state index is 11.6. The summed E-state index contributed by atoms with van der Waals surface area (Å²) < 4.78 is 5.86. The second-order valence-electron chi connectivity index (χ2n) is 4.63. The van der Waals surface area contributed by atoms with Crippen molar-refractivity contribution in [2.75, 3.05) is 0 Å². The van der Waals surface area contributed by atoms with Gasteiger partial charge in [0.05, 0.1) is 5.60 Å². The van der Waals surface area contributed by atoms with Crippen LogP contribution in [0.25, 0.3) is 0 Å². The molecule has 0 unspecified atom stereocenters. The van der Waals surface area contributed by atoms with Gasteiger partial charge in [0.15, 0.2) is 5.78 Å². The summed E-state index contributed by atoms with van der Waals surface area (Å²) in [6.07, 6.45) is 4.68. The molecule has 12 heavy (non-hydrogen) atoms. The average Bonchev–Trinajstić information content (AvgIpc) is 2.43. The summed E-state index contributed by atoms with van der Waals surface area (Å²) in [5, 5.41) is 0. The van der Waals surface area contributed by atoms with Gasteiger partial charge in [-0.15, -0.1) is 0 Å². The van der Waals surface area contributed by atoms with Gasteiger partial charge in [0.1, 0.15) is 5.60 Å². The minimum absolute atomic E-state index is 0.0694. The Bertz CT molecular complexity index is 220. The molecule has 0 radical (unpaired) electrons. The molecule has 1 saturated heterocycles. The smallest absolute Gasteiger partial charge is 0.164 e. The second-order valence-corrected chi connectivity index (χ2v) is 4.63. The van der Waals surface area contributed by atoms with Crippen LogP contribution in [0.5, 0.6) is 0 Å². The summed E-state index contributed by atoms with van der Waals surface area (Å²) in [6, 6.07) is 0. The molecule has 0 aromatic carbocycles. The van der Waals surface area contributed by atoms with Gasteiger partial charge in [-0.3, -0.25) is 4.79 Å². The van der Waals surface area contributed by atoms with Gasteiger partial charge in [0.2, 0.25) is 0 Å². The molecule has 2 rings (SSSR count). The van der Waals surface area contributed by atoms with Crippen molar-refractivity contribution in [3.05, 3.63) is 0 Å². The first-order valence-electron chi connectivity index (χ1n) is 4.78. The van der Waals surface area contributed by atoms with Crippen LogP contribution in [0.1, 0.15) is 46.0 Å². The standard InChI is InChI=1S/C10H16O2/c1-9(2)6-7-10(12-9)5-3-4-8(10)11/h3-7H2,1-2H3/t10-/m1/s1. The van der Waals surface area contributed by atoms with Crippen LogP contribution in [-0.2, 0) is 9.53 Å². The molecule has 0 N–H and O–H groups in total. The second kappa shape index (κ2) is 2.32. The van der Waals surface area contributed by atoms with Crippen LogP contribution >= 0.6 is 0 Å². The monoisotopic (exact) mass is 168 g/mol. The first-order valence-corrected chi connectivity index (χ1v) is 4.78. The minimum Gasteiger partial charge on any atom is -0.361 e. The quantitative estimate of drug-likeness (QED) is 0.553. The maximum Gasteiger partial charge on any atom is 0.164 e. The fourth-order valence-corrected chi connectivity index (χ4v) is 2.41. The number of hydrogen-bond donors (Lipinski definition) is 0. The van der Waals surface area contributed by atoms with Crippen molar-refractivity contribution >= 4 is 5.78 Å². The molecule has 0 aromatic heterocycles. The normalized spacial score (nSPS) is 39.7. The lowest BCUT2D eigenvalue weighted by molar-refractivity contribution is -0.145. The van der Waals surface area contributed by atoms with Crippen LogP contribution < -0.4 is 0 Å².